The highest BCUT2D eigenvalue weighted by molar-refractivity contribution is 5.73. The molecule has 0 aliphatic carbocycles. The summed E-state index contributed by atoms with van der Waals surface area (Å²) in [4.78, 5) is 15.0. The molecule has 1 heterocycles. The second-order valence-corrected chi connectivity index (χ2v) is 4.53. The summed E-state index contributed by atoms with van der Waals surface area (Å²) in [5, 5.41) is 2.77. The molecule has 0 fully saturated rings. The number of nitrogens with zero attached hydrogens (tertiary/aromatic N) is 1. The molecular weight excluding hydrogens is 238 g/mol. The van der Waals surface area contributed by atoms with E-state index in [1.54, 1.807) is 6.20 Å². The van der Waals surface area contributed by atoms with Crippen LogP contribution in [0, 0.1) is 6.92 Å². The first-order chi connectivity index (χ1) is 9.06. The molecule has 0 atom stereocenters. The van der Waals surface area contributed by atoms with Crippen molar-refractivity contribution in [2.24, 2.45) is 0 Å². The molecule has 98 valence electrons. The number of carbonyl (C=O) groups is 1. The lowest BCUT2D eigenvalue weighted by Crippen LogP contribution is -2.18. The molecule has 0 unspecified atom stereocenters. The first-order valence-corrected chi connectivity index (χ1v) is 6.12. The van der Waals surface area contributed by atoms with Crippen LogP contribution in [0.4, 0.5) is 5.82 Å². The average molecular weight is 255 g/mol. The number of nitrogens with one attached hydrogen (secondary N) is 1. The number of aryl methyl sites for hydroxylation is 1. The maximum Gasteiger partial charge on any atom is 0.217 e. The number of carbonyl (C=O) groups excluding carboxylic acids is 1. The number of amides is 1. The Kier molecular flexibility index (Phi) is 3.80. The number of benzene rings is 1. The van der Waals surface area contributed by atoms with Gasteiger partial charge in [0.2, 0.25) is 5.91 Å². The molecule has 19 heavy (non-hydrogen) atoms. The first-order valence-electron chi connectivity index (χ1n) is 6.12. The number of aromatic nitrogens is 1. The molecule has 4 heteroatoms. The normalized spacial score (nSPS) is 10.2. The molecule has 0 bridgehead atoms. The van der Waals surface area contributed by atoms with Gasteiger partial charge in [-0.2, -0.15) is 0 Å². The van der Waals surface area contributed by atoms with E-state index in [4.69, 9.17) is 5.73 Å². The van der Waals surface area contributed by atoms with Crippen molar-refractivity contribution >= 4 is 11.7 Å². The Labute approximate surface area is 112 Å². The fourth-order valence-corrected chi connectivity index (χ4v) is 1.91. The number of hydrogen-bond acceptors (Lipinski definition) is 3. The van der Waals surface area contributed by atoms with E-state index in [2.05, 4.69) is 10.3 Å². The Morgan fingerprint density at radius 1 is 1.32 bits per heavy atom. The van der Waals surface area contributed by atoms with Gasteiger partial charge in [-0.3, -0.25) is 4.79 Å². The quantitative estimate of drug-likeness (QED) is 0.884. The zero-order valence-electron chi connectivity index (χ0n) is 11.1. The second kappa shape index (κ2) is 5.52. The Morgan fingerprint density at radius 2 is 2.00 bits per heavy atom. The van der Waals surface area contributed by atoms with Gasteiger partial charge in [0.15, 0.2) is 0 Å². The van der Waals surface area contributed by atoms with Gasteiger partial charge in [0.1, 0.15) is 5.82 Å². The van der Waals surface area contributed by atoms with Crippen molar-refractivity contribution in [3.63, 3.8) is 0 Å². The number of anilines is 1. The molecule has 1 aromatic carbocycles. The van der Waals surface area contributed by atoms with Crippen LogP contribution in [0.25, 0.3) is 11.1 Å². The molecule has 0 aliphatic rings. The van der Waals surface area contributed by atoms with Gasteiger partial charge >= 0.3 is 0 Å². The van der Waals surface area contributed by atoms with Gasteiger partial charge in [-0.05, 0) is 29.7 Å². The number of pyridine rings is 1. The van der Waals surface area contributed by atoms with Crippen LogP contribution in [0.1, 0.15) is 18.1 Å². The Balaban J connectivity index is 2.20. The van der Waals surface area contributed by atoms with E-state index < -0.39 is 0 Å². The molecule has 0 radical (unpaired) electrons. The highest BCUT2D eigenvalue weighted by Crippen LogP contribution is 2.23. The summed E-state index contributed by atoms with van der Waals surface area (Å²) in [6, 6.07) is 9.91. The molecule has 1 aromatic heterocycles. The molecule has 0 saturated heterocycles. The third-order valence-electron chi connectivity index (χ3n) is 2.94. The second-order valence-electron chi connectivity index (χ2n) is 4.53. The van der Waals surface area contributed by atoms with Crippen molar-refractivity contribution in [3.05, 3.63) is 47.7 Å². The Morgan fingerprint density at radius 3 is 2.58 bits per heavy atom. The minimum absolute atomic E-state index is 0.0253. The van der Waals surface area contributed by atoms with E-state index in [1.165, 1.54) is 6.92 Å². The van der Waals surface area contributed by atoms with Crippen molar-refractivity contribution < 1.29 is 4.79 Å². The lowest BCUT2D eigenvalue weighted by molar-refractivity contribution is -0.119. The van der Waals surface area contributed by atoms with E-state index in [1.807, 2.05) is 37.3 Å². The Bertz CT molecular complexity index is 591. The predicted octanol–water partition coefficient (Wildman–Crippen LogP) is 2.28. The van der Waals surface area contributed by atoms with Crippen LogP contribution in [0.5, 0.6) is 0 Å². The van der Waals surface area contributed by atoms with Gasteiger partial charge in [-0.25, -0.2) is 4.98 Å². The first kappa shape index (κ1) is 13.1. The third kappa shape index (κ3) is 3.31. The monoisotopic (exact) mass is 255 g/mol. The van der Waals surface area contributed by atoms with Gasteiger partial charge in [0.05, 0.1) is 0 Å². The van der Waals surface area contributed by atoms with Gasteiger partial charge in [0, 0.05) is 25.2 Å². The van der Waals surface area contributed by atoms with E-state index >= 15 is 0 Å². The van der Waals surface area contributed by atoms with Crippen LogP contribution < -0.4 is 11.1 Å². The molecule has 4 nitrogen and oxygen atoms in total. The molecular formula is C15H17N3O. The van der Waals surface area contributed by atoms with Crippen molar-refractivity contribution in [2.45, 2.75) is 20.4 Å². The molecule has 0 aliphatic heterocycles. The van der Waals surface area contributed by atoms with Crippen LogP contribution >= 0.6 is 0 Å². The van der Waals surface area contributed by atoms with Crippen LogP contribution in [0.2, 0.25) is 0 Å². The van der Waals surface area contributed by atoms with E-state index in [9.17, 15) is 4.79 Å². The highest BCUT2D eigenvalue weighted by atomic mass is 16.1. The van der Waals surface area contributed by atoms with Crippen molar-refractivity contribution in [3.8, 4) is 11.1 Å². The minimum atomic E-state index is -0.0253. The van der Waals surface area contributed by atoms with E-state index in [-0.39, 0.29) is 5.91 Å². The third-order valence-corrected chi connectivity index (χ3v) is 2.94. The predicted molar refractivity (Wildman–Crippen MR) is 76.3 cm³/mol. The largest absolute Gasteiger partial charge is 0.384 e. The maximum absolute atomic E-state index is 10.9. The zero-order chi connectivity index (χ0) is 13.8. The summed E-state index contributed by atoms with van der Waals surface area (Å²) >= 11 is 0. The van der Waals surface area contributed by atoms with E-state index in [0.717, 1.165) is 22.3 Å². The maximum atomic E-state index is 10.9. The minimum Gasteiger partial charge on any atom is -0.384 e. The smallest absolute Gasteiger partial charge is 0.217 e. The fraction of sp³-hybridized carbons (Fsp3) is 0.200. The lowest BCUT2D eigenvalue weighted by Gasteiger charge is -2.08. The topological polar surface area (TPSA) is 68.0 Å². The Hall–Kier alpha value is -2.36. The molecule has 2 aromatic rings. The molecule has 1 amide bonds. The lowest BCUT2D eigenvalue weighted by atomic mass is 10.0. The number of nitrogen functional groups attached to an aromatic ring is 1. The molecule has 0 spiro atoms. The summed E-state index contributed by atoms with van der Waals surface area (Å²) in [5.41, 5.74) is 9.98. The van der Waals surface area contributed by atoms with Gasteiger partial charge in [-0.1, -0.05) is 24.3 Å². The van der Waals surface area contributed by atoms with Crippen molar-refractivity contribution in [1.29, 1.82) is 0 Å². The zero-order valence-corrected chi connectivity index (χ0v) is 11.1. The summed E-state index contributed by atoms with van der Waals surface area (Å²) in [6.07, 6.45) is 1.79. The number of rotatable bonds is 3. The number of nitrogens with two attached hydrogens (primary N) is 1. The summed E-state index contributed by atoms with van der Waals surface area (Å²) < 4.78 is 0. The van der Waals surface area contributed by atoms with Crippen LogP contribution in [0.3, 0.4) is 0 Å². The van der Waals surface area contributed by atoms with Gasteiger partial charge in [0.25, 0.3) is 0 Å². The van der Waals surface area contributed by atoms with Crippen LogP contribution in [-0.2, 0) is 11.3 Å². The van der Waals surface area contributed by atoms with Gasteiger partial charge < -0.3 is 11.1 Å². The standard InChI is InChI=1S/C15H17N3O/c1-10-7-15(16)18-9-14(10)13-5-3-12(4-6-13)8-17-11(2)19/h3-7,9H,8H2,1-2H3,(H2,16,18)(H,17,19). The molecule has 3 N–H and O–H groups in total. The SMILES string of the molecule is CC(=O)NCc1ccc(-c2cnc(N)cc2C)cc1. The molecule has 2 rings (SSSR count). The van der Waals surface area contributed by atoms with Crippen molar-refractivity contribution in [2.75, 3.05) is 5.73 Å². The molecule has 0 saturated carbocycles. The van der Waals surface area contributed by atoms with Crippen LogP contribution in [-0.4, -0.2) is 10.9 Å². The van der Waals surface area contributed by atoms with Crippen LogP contribution in [0.15, 0.2) is 36.5 Å². The summed E-state index contributed by atoms with van der Waals surface area (Å²) in [7, 11) is 0. The van der Waals surface area contributed by atoms with Gasteiger partial charge in [-0.15, -0.1) is 0 Å². The summed E-state index contributed by atoms with van der Waals surface area (Å²) in [6.45, 7) is 4.07. The number of hydrogen-bond donors (Lipinski definition) is 2. The highest BCUT2D eigenvalue weighted by Gasteiger charge is 2.03. The van der Waals surface area contributed by atoms with E-state index in [0.29, 0.717) is 12.4 Å². The van der Waals surface area contributed by atoms with Crippen molar-refractivity contribution in [1.82, 2.24) is 10.3 Å². The summed E-state index contributed by atoms with van der Waals surface area (Å²) in [5.74, 6) is 0.506. The average Bonchev–Trinajstić information content (AvgIpc) is 2.37. The fourth-order valence-electron chi connectivity index (χ4n) is 1.91.